The summed E-state index contributed by atoms with van der Waals surface area (Å²) in [4.78, 5) is 16.7. The summed E-state index contributed by atoms with van der Waals surface area (Å²) in [5.41, 5.74) is -0.707. The number of amides is 1. The quantitative estimate of drug-likeness (QED) is 0.736. The Kier molecular flexibility index (Phi) is 3.73. The maximum atomic E-state index is 12.1. The summed E-state index contributed by atoms with van der Waals surface area (Å²) in [7, 11) is 0. The predicted octanol–water partition coefficient (Wildman–Crippen LogP) is 1.76. The van der Waals surface area contributed by atoms with E-state index in [0.29, 0.717) is 38.1 Å². The lowest BCUT2D eigenvalue weighted by molar-refractivity contribution is -0.138. The Morgan fingerprint density at radius 3 is 2.47 bits per heavy atom. The molecule has 5 heteroatoms. The second-order valence-corrected chi connectivity index (χ2v) is 5.74. The number of carbonyl (C=O) groups is 1. The largest absolute Gasteiger partial charge is 0.448 e. The van der Waals surface area contributed by atoms with Crippen LogP contribution in [-0.2, 0) is 14.3 Å². The fourth-order valence-electron chi connectivity index (χ4n) is 3.11. The average molecular weight is 266 g/mol. The number of amidine groups is 1. The minimum Gasteiger partial charge on any atom is -0.448 e. The van der Waals surface area contributed by atoms with Crippen molar-refractivity contribution in [1.82, 2.24) is 5.32 Å². The molecular formula is C14H22N2O3. The van der Waals surface area contributed by atoms with Crippen molar-refractivity contribution in [2.24, 2.45) is 4.99 Å². The number of ether oxygens (including phenoxy) is 2. The van der Waals surface area contributed by atoms with Crippen molar-refractivity contribution in [3.63, 3.8) is 0 Å². The molecule has 0 atom stereocenters. The summed E-state index contributed by atoms with van der Waals surface area (Å²) in [6, 6.07) is 0.756. The van der Waals surface area contributed by atoms with E-state index in [9.17, 15) is 4.79 Å². The minimum absolute atomic E-state index is 0.0387. The molecule has 1 amide bonds. The van der Waals surface area contributed by atoms with Crippen LogP contribution in [0.4, 0.5) is 0 Å². The molecule has 0 unspecified atom stereocenters. The highest BCUT2D eigenvalue weighted by Crippen LogP contribution is 2.30. The van der Waals surface area contributed by atoms with Gasteiger partial charge in [0.25, 0.3) is 11.9 Å². The van der Waals surface area contributed by atoms with Crippen LogP contribution in [0.25, 0.3) is 0 Å². The third-order valence-corrected chi connectivity index (χ3v) is 4.35. The van der Waals surface area contributed by atoms with Gasteiger partial charge in [-0.2, -0.15) is 0 Å². The zero-order valence-electron chi connectivity index (χ0n) is 11.3. The van der Waals surface area contributed by atoms with E-state index in [1.54, 1.807) is 0 Å². The molecule has 1 saturated carbocycles. The van der Waals surface area contributed by atoms with Gasteiger partial charge in [0.05, 0.1) is 19.3 Å². The van der Waals surface area contributed by atoms with Crippen LogP contribution in [0, 0.1) is 0 Å². The molecule has 5 nitrogen and oxygen atoms in total. The van der Waals surface area contributed by atoms with Crippen LogP contribution in [0.3, 0.4) is 0 Å². The highest BCUT2D eigenvalue weighted by Gasteiger charge is 2.48. The molecule has 2 aliphatic heterocycles. The molecule has 1 aliphatic carbocycles. The number of rotatable bonds is 1. The van der Waals surface area contributed by atoms with E-state index in [1.165, 1.54) is 25.7 Å². The van der Waals surface area contributed by atoms with E-state index in [2.05, 4.69) is 10.3 Å². The van der Waals surface area contributed by atoms with Gasteiger partial charge in [-0.1, -0.05) is 25.7 Å². The Balaban J connectivity index is 1.67. The van der Waals surface area contributed by atoms with E-state index in [1.807, 2.05) is 0 Å². The van der Waals surface area contributed by atoms with Gasteiger partial charge < -0.3 is 9.47 Å². The Morgan fingerprint density at radius 2 is 1.79 bits per heavy atom. The summed E-state index contributed by atoms with van der Waals surface area (Å²) in [6.45, 7) is 1.17. The van der Waals surface area contributed by atoms with E-state index in [4.69, 9.17) is 9.47 Å². The van der Waals surface area contributed by atoms with Crippen molar-refractivity contribution in [2.75, 3.05) is 13.2 Å². The van der Waals surface area contributed by atoms with Crippen LogP contribution in [0.15, 0.2) is 4.99 Å². The van der Waals surface area contributed by atoms with Gasteiger partial charge in [-0.3, -0.25) is 10.1 Å². The van der Waals surface area contributed by atoms with Gasteiger partial charge >= 0.3 is 0 Å². The van der Waals surface area contributed by atoms with Gasteiger partial charge in [-0.15, -0.1) is 0 Å². The first kappa shape index (κ1) is 12.9. The molecule has 0 aromatic rings. The standard InChI is InChI=1S/C14H22N2O3/c17-12-14(7-9-18-10-8-14)19-13(16-12)15-11-5-3-1-2-4-6-11/h11H,1-10H2,(H,15,16,17). The van der Waals surface area contributed by atoms with Crippen molar-refractivity contribution in [2.45, 2.75) is 63.0 Å². The number of hydrogen-bond acceptors (Lipinski definition) is 4. The van der Waals surface area contributed by atoms with Gasteiger partial charge in [0.1, 0.15) is 0 Å². The lowest BCUT2D eigenvalue weighted by Gasteiger charge is -2.28. The lowest BCUT2D eigenvalue weighted by Crippen LogP contribution is -2.44. The van der Waals surface area contributed by atoms with Gasteiger partial charge in [0.2, 0.25) is 0 Å². The Labute approximate surface area is 113 Å². The van der Waals surface area contributed by atoms with E-state index in [-0.39, 0.29) is 5.91 Å². The fourth-order valence-corrected chi connectivity index (χ4v) is 3.11. The van der Waals surface area contributed by atoms with Crippen LogP contribution in [0.1, 0.15) is 51.4 Å². The summed E-state index contributed by atoms with van der Waals surface area (Å²) >= 11 is 0. The Bertz CT molecular complexity index is 367. The SMILES string of the molecule is O=C1NC(=NC2CCCCCC2)OC12CCOCC2. The topological polar surface area (TPSA) is 59.9 Å². The molecule has 0 bridgehead atoms. The molecule has 106 valence electrons. The Morgan fingerprint density at radius 1 is 1.11 bits per heavy atom. The summed E-state index contributed by atoms with van der Waals surface area (Å²) in [5.74, 6) is -0.0387. The first-order valence-corrected chi connectivity index (χ1v) is 7.45. The molecule has 2 heterocycles. The monoisotopic (exact) mass is 266 g/mol. The van der Waals surface area contributed by atoms with Crippen molar-refractivity contribution in [1.29, 1.82) is 0 Å². The van der Waals surface area contributed by atoms with Crippen LogP contribution in [0.5, 0.6) is 0 Å². The van der Waals surface area contributed by atoms with Gasteiger partial charge in [-0.05, 0) is 12.8 Å². The average Bonchev–Trinajstić information content (AvgIpc) is 2.60. The summed E-state index contributed by atoms with van der Waals surface area (Å²) in [5, 5.41) is 2.82. The third-order valence-electron chi connectivity index (χ3n) is 4.35. The van der Waals surface area contributed by atoms with E-state index < -0.39 is 5.60 Å². The number of aliphatic imine (C=N–C) groups is 1. The Hall–Kier alpha value is -1.10. The zero-order valence-corrected chi connectivity index (χ0v) is 11.3. The maximum Gasteiger partial charge on any atom is 0.292 e. The van der Waals surface area contributed by atoms with E-state index >= 15 is 0 Å². The molecule has 3 rings (SSSR count). The zero-order chi connectivity index (χ0) is 13.1. The molecule has 0 radical (unpaired) electrons. The minimum atomic E-state index is -0.707. The smallest absolute Gasteiger partial charge is 0.292 e. The number of nitrogens with zero attached hydrogens (tertiary/aromatic N) is 1. The molecule has 0 aromatic heterocycles. The summed E-state index contributed by atoms with van der Waals surface area (Å²) in [6.07, 6.45) is 8.54. The third kappa shape index (κ3) is 2.76. The predicted molar refractivity (Wildman–Crippen MR) is 70.9 cm³/mol. The van der Waals surface area contributed by atoms with Gasteiger partial charge in [0.15, 0.2) is 5.60 Å². The normalized spacial score (nSPS) is 30.1. The van der Waals surface area contributed by atoms with Crippen LogP contribution in [0.2, 0.25) is 0 Å². The molecule has 3 fully saturated rings. The molecule has 1 spiro atoms. The maximum absolute atomic E-state index is 12.1. The van der Waals surface area contributed by atoms with Crippen LogP contribution >= 0.6 is 0 Å². The highest BCUT2D eigenvalue weighted by atomic mass is 16.6. The fraction of sp³-hybridized carbons (Fsp3) is 0.857. The summed E-state index contributed by atoms with van der Waals surface area (Å²) < 4.78 is 11.2. The van der Waals surface area contributed by atoms with Gasteiger partial charge in [-0.25, -0.2) is 4.99 Å². The first-order chi connectivity index (χ1) is 9.28. The van der Waals surface area contributed by atoms with Gasteiger partial charge in [0, 0.05) is 12.8 Å². The van der Waals surface area contributed by atoms with Crippen molar-refractivity contribution in [3.05, 3.63) is 0 Å². The second kappa shape index (κ2) is 5.49. The van der Waals surface area contributed by atoms with Crippen molar-refractivity contribution < 1.29 is 14.3 Å². The first-order valence-electron chi connectivity index (χ1n) is 7.45. The molecule has 2 saturated heterocycles. The second-order valence-electron chi connectivity index (χ2n) is 5.74. The van der Waals surface area contributed by atoms with Crippen molar-refractivity contribution in [3.8, 4) is 0 Å². The van der Waals surface area contributed by atoms with Crippen LogP contribution in [-0.4, -0.2) is 36.8 Å². The van der Waals surface area contributed by atoms with Crippen LogP contribution < -0.4 is 5.32 Å². The van der Waals surface area contributed by atoms with E-state index in [0.717, 1.165) is 12.8 Å². The molecule has 1 N–H and O–H groups in total. The highest BCUT2D eigenvalue weighted by molar-refractivity contribution is 6.04. The molecule has 0 aromatic carbocycles. The lowest BCUT2D eigenvalue weighted by atomic mass is 9.94. The number of hydrogen-bond donors (Lipinski definition) is 1. The van der Waals surface area contributed by atoms with Crippen molar-refractivity contribution >= 4 is 11.9 Å². The number of carbonyl (C=O) groups excluding carboxylic acids is 1. The molecular weight excluding hydrogens is 244 g/mol. The number of nitrogens with one attached hydrogen (secondary N) is 1. The molecule has 19 heavy (non-hydrogen) atoms. The molecule has 3 aliphatic rings.